The number of nitrogens with one attached hydrogen (secondary N) is 1. The molecule has 2 aliphatic carbocycles. The molecule has 1 aliphatic heterocycles. The van der Waals surface area contributed by atoms with Crippen LogP contribution in [-0.4, -0.2) is 62.8 Å². The van der Waals surface area contributed by atoms with Crippen LogP contribution in [0.1, 0.15) is 60.9 Å². The second kappa shape index (κ2) is 12.9. The van der Waals surface area contributed by atoms with Gasteiger partial charge in [0.25, 0.3) is 5.91 Å². The van der Waals surface area contributed by atoms with Crippen LogP contribution in [0.4, 0.5) is 4.39 Å². The van der Waals surface area contributed by atoms with Crippen LogP contribution in [0, 0.1) is 11.7 Å². The van der Waals surface area contributed by atoms with E-state index in [9.17, 15) is 22.4 Å². The fraction of sp³-hybridized carbons (Fsp3) is 0.412. The molecule has 0 aromatic heterocycles. The van der Waals surface area contributed by atoms with Gasteiger partial charge in [0.1, 0.15) is 22.8 Å². The molecule has 1 heterocycles. The van der Waals surface area contributed by atoms with Crippen LogP contribution in [0.25, 0.3) is 0 Å². The molecular formula is C34H36Cl2FN3O5S. The Labute approximate surface area is 278 Å². The van der Waals surface area contributed by atoms with E-state index in [4.69, 9.17) is 27.9 Å². The van der Waals surface area contributed by atoms with E-state index in [1.807, 2.05) is 18.2 Å². The van der Waals surface area contributed by atoms with Crippen LogP contribution >= 0.6 is 23.2 Å². The molecule has 8 nitrogen and oxygen atoms in total. The molecule has 2 saturated carbocycles. The molecule has 2 amide bonds. The zero-order valence-electron chi connectivity index (χ0n) is 25.5. The van der Waals surface area contributed by atoms with E-state index in [-0.39, 0.29) is 30.4 Å². The van der Waals surface area contributed by atoms with Crippen molar-refractivity contribution >= 4 is 45.0 Å². The summed E-state index contributed by atoms with van der Waals surface area (Å²) in [5, 5.41) is 0.996. The Morgan fingerprint density at radius 2 is 1.72 bits per heavy atom. The number of hydrogen-bond acceptors (Lipinski definition) is 5. The van der Waals surface area contributed by atoms with Crippen molar-refractivity contribution in [3.8, 4) is 0 Å². The predicted octanol–water partition coefficient (Wildman–Crippen LogP) is 6.01. The average molecular weight is 689 g/mol. The van der Waals surface area contributed by atoms with E-state index >= 15 is 0 Å². The molecular weight excluding hydrogens is 652 g/mol. The summed E-state index contributed by atoms with van der Waals surface area (Å²) in [5.41, 5.74) is 1.59. The van der Waals surface area contributed by atoms with Crippen molar-refractivity contribution < 1.29 is 27.1 Å². The van der Waals surface area contributed by atoms with Gasteiger partial charge < -0.3 is 14.5 Å². The number of amides is 2. The molecule has 0 bridgehead atoms. The van der Waals surface area contributed by atoms with Gasteiger partial charge in [-0.15, -0.1) is 0 Å². The molecule has 6 rings (SSSR count). The Hall–Kier alpha value is -3.02. The largest absolute Gasteiger partial charge is 0.357 e. The van der Waals surface area contributed by atoms with Crippen LogP contribution in [0.5, 0.6) is 0 Å². The molecule has 3 fully saturated rings. The summed E-state index contributed by atoms with van der Waals surface area (Å²) in [6.07, 6.45) is 0.154. The predicted molar refractivity (Wildman–Crippen MR) is 174 cm³/mol. The Balaban J connectivity index is 1.41. The Kier molecular flexibility index (Phi) is 9.21. The summed E-state index contributed by atoms with van der Waals surface area (Å²) >= 11 is 12.7. The van der Waals surface area contributed by atoms with Crippen LogP contribution in [0.3, 0.4) is 0 Å². The Morgan fingerprint density at radius 1 is 1.02 bits per heavy atom. The van der Waals surface area contributed by atoms with E-state index in [2.05, 4.69) is 4.72 Å². The summed E-state index contributed by atoms with van der Waals surface area (Å²) in [5.74, 6) is -1.24. The lowest BCUT2D eigenvalue weighted by molar-refractivity contribution is -0.182. The molecule has 0 radical (unpaired) electrons. The minimum atomic E-state index is -4.04. The van der Waals surface area contributed by atoms with Crippen molar-refractivity contribution in [2.45, 2.75) is 61.1 Å². The summed E-state index contributed by atoms with van der Waals surface area (Å²) < 4.78 is 50.6. The van der Waals surface area contributed by atoms with Crippen molar-refractivity contribution in [3.05, 3.63) is 105 Å². The van der Waals surface area contributed by atoms with Gasteiger partial charge in [-0.2, -0.15) is 0 Å². The first-order valence-corrected chi connectivity index (χ1v) is 17.6. The lowest BCUT2D eigenvalue weighted by Crippen LogP contribution is -2.58. The Bertz CT molecular complexity index is 1730. The van der Waals surface area contributed by atoms with Gasteiger partial charge in [-0.05, 0) is 73.1 Å². The van der Waals surface area contributed by atoms with Gasteiger partial charge in [0, 0.05) is 42.3 Å². The first kappa shape index (κ1) is 32.9. The number of hydrogen-bond donors (Lipinski definition) is 1. The van der Waals surface area contributed by atoms with Gasteiger partial charge >= 0.3 is 0 Å². The number of morpholine rings is 1. The van der Waals surface area contributed by atoms with Crippen LogP contribution in [-0.2, 0) is 29.1 Å². The molecule has 46 heavy (non-hydrogen) atoms. The summed E-state index contributed by atoms with van der Waals surface area (Å²) in [7, 11) is -0.810. The summed E-state index contributed by atoms with van der Waals surface area (Å²) in [4.78, 5) is 30.5. The number of ether oxygens (including phenoxy) is 1. The fourth-order valence-corrected chi connectivity index (χ4v) is 8.56. The molecule has 1 saturated heterocycles. The maximum Gasteiger partial charge on any atom is 0.253 e. The highest BCUT2D eigenvalue weighted by Crippen LogP contribution is 2.53. The molecule has 0 spiro atoms. The Morgan fingerprint density at radius 3 is 2.33 bits per heavy atom. The third-order valence-corrected chi connectivity index (χ3v) is 12.0. The zero-order valence-corrected chi connectivity index (χ0v) is 27.9. The first-order valence-electron chi connectivity index (χ1n) is 15.3. The average Bonchev–Trinajstić information content (AvgIpc) is 3.95. The van der Waals surface area contributed by atoms with Gasteiger partial charge in [-0.3, -0.25) is 9.59 Å². The first-order chi connectivity index (χ1) is 21.9. The van der Waals surface area contributed by atoms with Crippen molar-refractivity contribution in [1.82, 2.24) is 14.5 Å². The number of nitrogens with zero attached hydrogens (tertiary/aromatic N) is 2. The fourth-order valence-electron chi connectivity index (χ4n) is 6.48. The highest BCUT2D eigenvalue weighted by Gasteiger charge is 2.58. The number of carbonyl (C=O) groups is 2. The minimum absolute atomic E-state index is 0.00776. The van der Waals surface area contributed by atoms with Crippen molar-refractivity contribution in [1.29, 1.82) is 0 Å². The second-order valence-corrected chi connectivity index (χ2v) is 15.5. The van der Waals surface area contributed by atoms with Gasteiger partial charge in [0.05, 0.1) is 12.5 Å². The standard InChI is InChI=1S/C34H36Cl2FN3O5S/c1-39(2)30(41)19-29-33(42)40(31(22-12-14-24(35)15-13-22)32(45-29)23-6-5-7-25(36)18-23)28(21-10-11-21)20-38-46(43,44)34(16-17-34)26-8-3-4-9-27(26)37/h3-9,12-15,18,21,28-29,31-32,38H,10-11,16-17,19-20H2,1-2H3/t28-,29+,31-,32-/m1/s1. The topological polar surface area (TPSA) is 96.0 Å². The maximum absolute atomic E-state index is 14.8. The lowest BCUT2D eigenvalue weighted by atomic mass is 9.89. The van der Waals surface area contributed by atoms with Crippen LogP contribution in [0.2, 0.25) is 10.0 Å². The van der Waals surface area contributed by atoms with E-state index in [0.717, 1.165) is 18.4 Å². The van der Waals surface area contributed by atoms with Crippen molar-refractivity contribution in [2.75, 3.05) is 20.6 Å². The summed E-state index contributed by atoms with van der Waals surface area (Å²) in [6, 6.07) is 19.0. The van der Waals surface area contributed by atoms with Crippen LogP contribution in [0.15, 0.2) is 72.8 Å². The lowest BCUT2D eigenvalue weighted by Gasteiger charge is -2.48. The smallest absolute Gasteiger partial charge is 0.253 e. The van der Waals surface area contributed by atoms with Gasteiger partial charge in [0.2, 0.25) is 15.9 Å². The van der Waals surface area contributed by atoms with E-state index in [0.29, 0.717) is 28.5 Å². The molecule has 1 N–H and O–H groups in total. The molecule has 244 valence electrons. The summed E-state index contributed by atoms with van der Waals surface area (Å²) in [6.45, 7) is -0.0738. The van der Waals surface area contributed by atoms with E-state index < -0.39 is 50.8 Å². The molecule has 3 aromatic carbocycles. The second-order valence-electron chi connectivity index (χ2n) is 12.6. The number of sulfonamides is 1. The highest BCUT2D eigenvalue weighted by molar-refractivity contribution is 7.90. The number of halogens is 3. The molecule has 3 aromatic rings. The van der Waals surface area contributed by atoms with Gasteiger partial charge in [0.15, 0.2) is 0 Å². The molecule has 4 atom stereocenters. The maximum atomic E-state index is 14.8. The van der Waals surface area contributed by atoms with Crippen molar-refractivity contribution in [2.24, 2.45) is 5.92 Å². The minimum Gasteiger partial charge on any atom is -0.357 e. The quantitative estimate of drug-likeness (QED) is 0.267. The third kappa shape index (κ3) is 6.42. The van der Waals surface area contributed by atoms with Gasteiger partial charge in [-0.25, -0.2) is 17.5 Å². The third-order valence-electron chi connectivity index (χ3n) is 9.26. The SMILES string of the molecule is CN(C)C(=O)C[C@@H]1O[C@H](c2cccc(Cl)c2)[C@@H](c2ccc(Cl)cc2)N([C@H](CNS(=O)(=O)C2(c3ccccc3F)CC2)C2CC2)C1=O. The number of carbonyl (C=O) groups excluding carboxylic acids is 2. The molecule has 0 unspecified atom stereocenters. The van der Waals surface area contributed by atoms with E-state index in [1.165, 1.54) is 23.1 Å². The van der Waals surface area contributed by atoms with E-state index in [1.54, 1.807) is 55.4 Å². The number of rotatable bonds is 11. The molecule has 12 heteroatoms. The zero-order chi connectivity index (χ0) is 32.8. The number of benzene rings is 3. The highest BCUT2D eigenvalue weighted by atomic mass is 35.5. The van der Waals surface area contributed by atoms with Crippen molar-refractivity contribution in [3.63, 3.8) is 0 Å². The normalized spacial score (nSPS) is 23.2. The molecule has 3 aliphatic rings. The van der Waals surface area contributed by atoms with Crippen LogP contribution < -0.4 is 4.72 Å². The van der Waals surface area contributed by atoms with Gasteiger partial charge in [-0.1, -0.05) is 65.7 Å². The monoisotopic (exact) mass is 687 g/mol.